The minimum Gasteiger partial charge on any atom is -0.360 e. The van der Waals surface area contributed by atoms with E-state index >= 15 is 0 Å². The van der Waals surface area contributed by atoms with Crippen molar-refractivity contribution in [1.29, 1.82) is 0 Å². The van der Waals surface area contributed by atoms with Gasteiger partial charge >= 0.3 is 0 Å². The van der Waals surface area contributed by atoms with Crippen LogP contribution in [0.3, 0.4) is 0 Å². The summed E-state index contributed by atoms with van der Waals surface area (Å²) < 4.78 is 0. The molecule has 0 amide bonds. The minimum absolute atomic E-state index is 0.538. The molecule has 0 unspecified atom stereocenters. The second-order valence-electron chi connectivity index (χ2n) is 5.94. The number of anilines is 1. The molecule has 3 heterocycles. The van der Waals surface area contributed by atoms with Crippen LogP contribution in [0.5, 0.6) is 0 Å². The Balaban J connectivity index is 1.54. The van der Waals surface area contributed by atoms with E-state index in [1.54, 1.807) is 5.51 Å². The number of aromatic nitrogens is 4. The molecule has 0 aliphatic heterocycles. The summed E-state index contributed by atoms with van der Waals surface area (Å²) in [5.41, 5.74) is 5.45. The first-order valence-corrected chi connectivity index (χ1v) is 9.57. The van der Waals surface area contributed by atoms with Gasteiger partial charge in [-0.3, -0.25) is 9.97 Å². The van der Waals surface area contributed by atoms with E-state index in [4.69, 9.17) is 0 Å². The van der Waals surface area contributed by atoms with Crippen LogP contribution in [0, 0.1) is 0 Å². The summed E-state index contributed by atoms with van der Waals surface area (Å²) >= 11 is 1.35. The van der Waals surface area contributed by atoms with Crippen molar-refractivity contribution in [1.82, 2.24) is 20.2 Å². The van der Waals surface area contributed by atoms with Crippen molar-refractivity contribution in [3.63, 3.8) is 0 Å². The van der Waals surface area contributed by atoms with Crippen LogP contribution in [0.15, 0.2) is 88.8 Å². The molecule has 0 aliphatic carbocycles. The topological polar surface area (TPSA) is 79.5 Å². The highest BCUT2D eigenvalue weighted by Gasteiger charge is 2.10. The summed E-state index contributed by atoms with van der Waals surface area (Å²) in [6, 6.07) is 19.8. The van der Waals surface area contributed by atoms with Gasteiger partial charge in [0.1, 0.15) is 5.51 Å². The van der Waals surface area contributed by atoms with Crippen LogP contribution in [-0.2, 0) is 13.1 Å². The van der Waals surface area contributed by atoms with E-state index in [1.807, 2.05) is 73.1 Å². The van der Waals surface area contributed by atoms with Crippen LogP contribution in [0.25, 0.3) is 0 Å². The van der Waals surface area contributed by atoms with Crippen molar-refractivity contribution in [2.45, 2.75) is 13.1 Å². The summed E-state index contributed by atoms with van der Waals surface area (Å²) in [7, 11) is 0. The van der Waals surface area contributed by atoms with E-state index in [0.29, 0.717) is 18.2 Å². The first-order valence-electron chi connectivity index (χ1n) is 8.69. The maximum absolute atomic E-state index is 4.45. The zero-order valence-corrected chi connectivity index (χ0v) is 15.8. The molecule has 0 spiro atoms. The maximum Gasteiger partial charge on any atom is 0.251 e. The molecule has 0 bridgehead atoms. The Bertz CT molecular complexity index is 962. The Morgan fingerprint density at radius 3 is 2.00 bits per heavy atom. The smallest absolute Gasteiger partial charge is 0.251 e. The fourth-order valence-electron chi connectivity index (χ4n) is 2.65. The Morgan fingerprint density at radius 2 is 1.46 bits per heavy atom. The highest BCUT2D eigenvalue weighted by molar-refractivity contribution is 7.13. The van der Waals surface area contributed by atoms with Crippen molar-refractivity contribution in [2.75, 3.05) is 4.90 Å². The normalized spacial score (nSPS) is 11.0. The van der Waals surface area contributed by atoms with E-state index in [2.05, 4.69) is 35.3 Å². The lowest BCUT2D eigenvalue weighted by atomic mass is 10.2. The van der Waals surface area contributed by atoms with Gasteiger partial charge in [0.15, 0.2) is 0 Å². The predicted molar refractivity (Wildman–Crippen MR) is 109 cm³/mol. The molecule has 0 aliphatic rings. The molecular formula is C20H17N7S. The molecule has 4 rings (SSSR count). The minimum atomic E-state index is 0.538. The lowest BCUT2D eigenvalue weighted by Crippen LogP contribution is -2.23. The Hall–Kier alpha value is -3.52. The van der Waals surface area contributed by atoms with Gasteiger partial charge in [0.05, 0.1) is 30.2 Å². The SMILES string of the molecule is c1ccc(CN(Cc2ccccn2)c2ccc(N=Nc3nncs3)cc2)nc1. The standard InChI is InChI=1S/C20H17N7S/c1-3-11-21-17(5-1)13-27(14-18-6-2-4-12-22-18)19-9-7-16(8-10-19)24-26-20-25-23-15-28-20/h1-12,15H,13-14H2. The summed E-state index contributed by atoms with van der Waals surface area (Å²) in [4.78, 5) is 11.1. The van der Waals surface area contributed by atoms with Crippen LogP contribution in [0.1, 0.15) is 11.4 Å². The highest BCUT2D eigenvalue weighted by atomic mass is 32.1. The van der Waals surface area contributed by atoms with Crippen molar-refractivity contribution < 1.29 is 0 Å². The molecule has 3 aromatic heterocycles. The summed E-state index contributed by atoms with van der Waals surface area (Å²) in [6.45, 7) is 1.37. The number of hydrogen-bond donors (Lipinski definition) is 0. The number of hydrogen-bond acceptors (Lipinski definition) is 8. The molecule has 0 saturated carbocycles. The molecule has 28 heavy (non-hydrogen) atoms. The second kappa shape index (κ2) is 8.92. The Labute approximate surface area is 166 Å². The Morgan fingerprint density at radius 1 is 0.786 bits per heavy atom. The third kappa shape index (κ3) is 4.80. The molecule has 0 N–H and O–H groups in total. The maximum atomic E-state index is 4.45. The van der Waals surface area contributed by atoms with E-state index < -0.39 is 0 Å². The van der Waals surface area contributed by atoms with Crippen molar-refractivity contribution >= 4 is 27.8 Å². The van der Waals surface area contributed by atoms with Gasteiger partial charge in [-0.05, 0) is 48.5 Å². The van der Waals surface area contributed by atoms with E-state index in [1.165, 1.54) is 11.3 Å². The van der Waals surface area contributed by atoms with Gasteiger partial charge in [-0.2, -0.15) is 0 Å². The highest BCUT2D eigenvalue weighted by Crippen LogP contribution is 2.24. The van der Waals surface area contributed by atoms with Crippen LogP contribution < -0.4 is 4.90 Å². The zero-order chi connectivity index (χ0) is 19.0. The fourth-order valence-corrected chi connectivity index (χ4v) is 3.03. The van der Waals surface area contributed by atoms with E-state index in [9.17, 15) is 0 Å². The van der Waals surface area contributed by atoms with Gasteiger partial charge in [-0.1, -0.05) is 23.5 Å². The van der Waals surface area contributed by atoms with Gasteiger partial charge in [0.2, 0.25) is 0 Å². The number of benzene rings is 1. The summed E-state index contributed by atoms with van der Waals surface area (Å²) in [5, 5.41) is 16.4. The number of pyridine rings is 2. The van der Waals surface area contributed by atoms with Crippen LogP contribution in [0.4, 0.5) is 16.5 Å². The summed E-state index contributed by atoms with van der Waals surface area (Å²) in [6.07, 6.45) is 3.62. The van der Waals surface area contributed by atoms with Gasteiger partial charge < -0.3 is 4.90 Å². The molecular weight excluding hydrogens is 370 g/mol. The van der Waals surface area contributed by atoms with Gasteiger partial charge in [0, 0.05) is 18.1 Å². The van der Waals surface area contributed by atoms with Crippen LogP contribution in [0.2, 0.25) is 0 Å². The molecule has 0 atom stereocenters. The second-order valence-corrected chi connectivity index (χ2v) is 6.75. The van der Waals surface area contributed by atoms with E-state index in [-0.39, 0.29) is 0 Å². The Kier molecular flexibility index (Phi) is 5.69. The molecule has 138 valence electrons. The lowest BCUT2D eigenvalue weighted by molar-refractivity contribution is 0.765. The third-order valence-electron chi connectivity index (χ3n) is 3.97. The molecule has 1 aromatic carbocycles. The lowest BCUT2D eigenvalue weighted by Gasteiger charge is -2.24. The fraction of sp³-hybridized carbons (Fsp3) is 0.100. The largest absolute Gasteiger partial charge is 0.360 e. The van der Waals surface area contributed by atoms with Crippen LogP contribution >= 0.6 is 11.3 Å². The first kappa shape index (κ1) is 17.9. The zero-order valence-electron chi connectivity index (χ0n) is 15.0. The number of nitrogens with zero attached hydrogens (tertiary/aromatic N) is 7. The first-order chi connectivity index (χ1) is 13.9. The molecule has 4 aromatic rings. The molecule has 0 fully saturated rings. The van der Waals surface area contributed by atoms with E-state index in [0.717, 1.165) is 22.8 Å². The van der Waals surface area contributed by atoms with Gasteiger partial charge in [-0.25, -0.2) is 0 Å². The average molecular weight is 387 g/mol. The van der Waals surface area contributed by atoms with Gasteiger partial charge in [-0.15, -0.1) is 20.4 Å². The number of rotatable bonds is 7. The van der Waals surface area contributed by atoms with Crippen molar-refractivity contribution in [2.24, 2.45) is 10.2 Å². The number of azo groups is 1. The molecule has 0 saturated heterocycles. The molecule has 7 nitrogen and oxygen atoms in total. The molecule has 0 radical (unpaired) electrons. The third-order valence-corrected chi connectivity index (χ3v) is 4.55. The monoisotopic (exact) mass is 387 g/mol. The predicted octanol–water partition coefficient (Wildman–Crippen LogP) is 4.95. The summed E-state index contributed by atoms with van der Waals surface area (Å²) in [5.74, 6) is 0. The quantitative estimate of drug-likeness (QED) is 0.419. The van der Waals surface area contributed by atoms with Crippen molar-refractivity contribution in [3.05, 3.63) is 90.0 Å². The average Bonchev–Trinajstić information content (AvgIpc) is 3.27. The van der Waals surface area contributed by atoms with Crippen molar-refractivity contribution in [3.8, 4) is 0 Å². The molecule has 8 heteroatoms. The van der Waals surface area contributed by atoms with Gasteiger partial charge in [0.25, 0.3) is 5.13 Å². The van der Waals surface area contributed by atoms with Crippen LogP contribution in [-0.4, -0.2) is 20.2 Å².